The zero-order chi connectivity index (χ0) is 18.1. The number of aryl methyl sites for hydroxylation is 1. The molecule has 0 radical (unpaired) electrons. The third kappa shape index (κ3) is 5.52. The molecule has 0 N–H and O–H groups in total. The van der Waals surface area contributed by atoms with E-state index in [0.717, 1.165) is 5.56 Å². The topological polar surface area (TPSA) is 18.5 Å². The van der Waals surface area contributed by atoms with Gasteiger partial charge in [0.05, 0.1) is 13.7 Å². The molecule has 0 unspecified atom stereocenters. The highest BCUT2D eigenvalue weighted by atomic mass is 19.1. The number of rotatable bonds is 5. The molecule has 0 amide bonds. The minimum absolute atomic E-state index is 0.238. The monoisotopic (exact) mass is 336 g/mol. The highest BCUT2D eigenvalue weighted by Gasteiger charge is 2.06. The first-order valence-corrected chi connectivity index (χ1v) is 8.18. The molecule has 0 aliphatic rings. The lowest BCUT2D eigenvalue weighted by atomic mass is 10.0. The third-order valence-electron chi connectivity index (χ3n) is 3.57. The summed E-state index contributed by atoms with van der Waals surface area (Å²) in [4.78, 5) is 0. The Labute approximate surface area is 143 Å². The van der Waals surface area contributed by atoms with Crippen molar-refractivity contribution >= 4 is 0 Å². The summed E-state index contributed by atoms with van der Waals surface area (Å²) in [6, 6.07) is 10.3. The van der Waals surface area contributed by atoms with Crippen molar-refractivity contribution in [2.75, 3.05) is 13.7 Å². The Bertz CT molecular complexity index is 617. The van der Waals surface area contributed by atoms with E-state index in [1.165, 1.54) is 13.2 Å². The van der Waals surface area contributed by atoms with Gasteiger partial charge in [0.1, 0.15) is 0 Å². The second-order valence-electron chi connectivity index (χ2n) is 5.56. The van der Waals surface area contributed by atoms with E-state index in [4.69, 9.17) is 9.47 Å². The number of benzene rings is 2. The zero-order valence-electron chi connectivity index (χ0n) is 15.0. The van der Waals surface area contributed by atoms with E-state index >= 15 is 0 Å². The van der Waals surface area contributed by atoms with Gasteiger partial charge in [0.25, 0.3) is 0 Å². The van der Waals surface area contributed by atoms with Gasteiger partial charge >= 0.3 is 0 Å². The molecule has 0 spiro atoms. The summed E-state index contributed by atoms with van der Waals surface area (Å²) in [5.41, 5.74) is 1.70. The van der Waals surface area contributed by atoms with Crippen LogP contribution >= 0.6 is 0 Å². The average molecular weight is 336 g/mol. The van der Waals surface area contributed by atoms with E-state index < -0.39 is 0 Å². The summed E-state index contributed by atoms with van der Waals surface area (Å²) in [5.74, 6) is 0.506. The number of ether oxygens (including phenoxy) is 2. The van der Waals surface area contributed by atoms with Gasteiger partial charge in [-0.05, 0) is 48.6 Å². The Balaban J connectivity index is 0.000000243. The maximum atomic E-state index is 13.3. The van der Waals surface area contributed by atoms with Gasteiger partial charge in [-0.3, -0.25) is 0 Å². The van der Waals surface area contributed by atoms with Gasteiger partial charge in [0, 0.05) is 0 Å². The first kappa shape index (κ1) is 19.9. The smallest absolute Gasteiger partial charge is 0.168 e. The maximum Gasteiger partial charge on any atom is 0.168 e. The molecular formula is C20H26F2O2. The molecule has 132 valence electrons. The molecule has 0 heterocycles. The van der Waals surface area contributed by atoms with E-state index in [9.17, 15) is 8.78 Å². The molecule has 0 bridgehead atoms. The van der Waals surface area contributed by atoms with E-state index in [1.54, 1.807) is 24.3 Å². The lowest BCUT2D eigenvalue weighted by Crippen LogP contribution is -1.96. The highest BCUT2D eigenvalue weighted by Crippen LogP contribution is 2.22. The van der Waals surface area contributed by atoms with Crippen LogP contribution in [0.25, 0.3) is 0 Å². The number of methoxy groups -OCH3 is 1. The van der Waals surface area contributed by atoms with Gasteiger partial charge in [0.2, 0.25) is 0 Å². The Hall–Kier alpha value is -2.10. The van der Waals surface area contributed by atoms with Crippen LogP contribution in [-0.4, -0.2) is 13.7 Å². The van der Waals surface area contributed by atoms with Crippen molar-refractivity contribution in [1.29, 1.82) is 0 Å². The summed E-state index contributed by atoms with van der Waals surface area (Å²) in [7, 11) is 1.47. The molecule has 24 heavy (non-hydrogen) atoms. The molecule has 0 aliphatic heterocycles. The lowest BCUT2D eigenvalue weighted by Gasteiger charge is -2.08. The van der Waals surface area contributed by atoms with Gasteiger partial charge < -0.3 is 9.47 Å². The Morgan fingerprint density at radius 1 is 1.00 bits per heavy atom. The van der Waals surface area contributed by atoms with Gasteiger partial charge in [-0.2, -0.15) is 0 Å². The van der Waals surface area contributed by atoms with Crippen LogP contribution in [0, 0.1) is 11.6 Å². The molecular weight excluding hydrogens is 310 g/mol. The fourth-order valence-corrected chi connectivity index (χ4v) is 2.14. The summed E-state index contributed by atoms with van der Waals surface area (Å²) in [6.07, 6.45) is 0.697. The molecule has 0 atom stereocenters. The van der Waals surface area contributed by atoms with Crippen LogP contribution in [0.4, 0.5) is 8.78 Å². The summed E-state index contributed by atoms with van der Waals surface area (Å²) in [6.45, 7) is 8.33. The average Bonchev–Trinajstić information content (AvgIpc) is 2.57. The Kier molecular flexibility index (Phi) is 8.24. The highest BCUT2D eigenvalue weighted by molar-refractivity contribution is 5.31. The number of hydrogen-bond acceptors (Lipinski definition) is 2. The van der Waals surface area contributed by atoms with Crippen molar-refractivity contribution in [2.45, 2.75) is 40.0 Å². The molecule has 4 heteroatoms. The summed E-state index contributed by atoms with van der Waals surface area (Å²) >= 11 is 0. The largest absolute Gasteiger partial charge is 0.494 e. The van der Waals surface area contributed by atoms with E-state index in [0.29, 0.717) is 36.0 Å². The van der Waals surface area contributed by atoms with E-state index in [-0.39, 0.29) is 11.6 Å². The van der Waals surface area contributed by atoms with Crippen molar-refractivity contribution in [2.24, 2.45) is 0 Å². The van der Waals surface area contributed by atoms with Crippen molar-refractivity contribution < 1.29 is 18.3 Å². The first-order valence-electron chi connectivity index (χ1n) is 8.18. The quantitative estimate of drug-likeness (QED) is 0.692. The predicted octanol–water partition coefficient (Wildman–Crippen LogP) is 5.74. The van der Waals surface area contributed by atoms with Gasteiger partial charge in [0.15, 0.2) is 23.1 Å². The predicted molar refractivity (Wildman–Crippen MR) is 94.0 cm³/mol. The molecule has 2 nitrogen and oxygen atoms in total. The maximum absolute atomic E-state index is 13.3. The molecule has 0 saturated carbocycles. The van der Waals surface area contributed by atoms with Crippen molar-refractivity contribution in [1.82, 2.24) is 0 Å². The SMILES string of the molecule is CCOc1ccc(C(C)C)cc1F.CCc1cccc(OC)c1F. The Morgan fingerprint density at radius 3 is 2.21 bits per heavy atom. The zero-order valence-corrected chi connectivity index (χ0v) is 15.0. The van der Waals surface area contributed by atoms with E-state index in [1.807, 2.05) is 33.8 Å². The molecule has 0 aliphatic carbocycles. The fraction of sp³-hybridized carbons (Fsp3) is 0.400. The third-order valence-corrected chi connectivity index (χ3v) is 3.57. The van der Waals surface area contributed by atoms with Crippen LogP contribution in [0.1, 0.15) is 44.7 Å². The van der Waals surface area contributed by atoms with Crippen LogP contribution in [0.2, 0.25) is 0 Å². The second kappa shape index (κ2) is 9.91. The van der Waals surface area contributed by atoms with Crippen LogP contribution in [0.3, 0.4) is 0 Å². The molecule has 2 aromatic rings. The molecule has 0 fully saturated rings. The van der Waals surface area contributed by atoms with Gasteiger partial charge in [-0.1, -0.05) is 39.0 Å². The van der Waals surface area contributed by atoms with Crippen LogP contribution in [0.5, 0.6) is 11.5 Å². The molecule has 2 rings (SSSR count). The van der Waals surface area contributed by atoms with Crippen LogP contribution < -0.4 is 9.47 Å². The van der Waals surface area contributed by atoms with Crippen LogP contribution in [0.15, 0.2) is 36.4 Å². The fourth-order valence-electron chi connectivity index (χ4n) is 2.14. The second-order valence-corrected chi connectivity index (χ2v) is 5.56. The standard InChI is InChI=1S/C11H15FO.C9H11FO/c1-4-13-11-6-5-9(8(2)3)7-10(11)12;1-3-7-5-4-6-8(11-2)9(7)10/h5-8H,4H2,1-3H3;4-6H,3H2,1-2H3. The van der Waals surface area contributed by atoms with Gasteiger partial charge in [-0.15, -0.1) is 0 Å². The molecule has 2 aromatic carbocycles. The summed E-state index contributed by atoms with van der Waals surface area (Å²) < 4.78 is 36.3. The van der Waals surface area contributed by atoms with Gasteiger partial charge in [-0.25, -0.2) is 8.78 Å². The molecule has 0 saturated heterocycles. The minimum atomic E-state index is -0.270. The Morgan fingerprint density at radius 2 is 1.71 bits per heavy atom. The minimum Gasteiger partial charge on any atom is -0.494 e. The number of halogens is 2. The van der Waals surface area contributed by atoms with Crippen molar-refractivity contribution in [3.8, 4) is 11.5 Å². The first-order chi connectivity index (χ1) is 11.4. The normalized spacial score (nSPS) is 10.2. The van der Waals surface area contributed by atoms with E-state index in [2.05, 4.69) is 0 Å². The lowest BCUT2D eigenvalue weighted by molar-refractivity contribution is 0.321. The summed E-state index contributed by atoms with van der Waals surface area (Å²) in [5, 5.41) is 0. The number of hydrogen-bond donors (Lipinski definition) is 0. The van der Waals surface area contributed by atoms with Crippen molar-refractivity contribution in [3.63, 3.8) is 0 Å². The van der Waals surface area contributed by atoms with Crippen molar-refractivity contribution in [3.05, 3.63) is 59.2 Å². The van der Waals surface area contributed by atoms with Crippen LogP contribution in [-0.2, 0) is 6.42 Å². The molecule has 0 aromatic heterocycles.